The first-order chi connectivity index (χ1) is 7.24. The van der Waals surface area contributed by atoms with Crippen LogP contribution in [0.3, 0.4) is 0 Å². The van der Waals surface area contributed by atoms with Crippen LogP contribution < -0.4 is 4.90 Å². The van der Waals surface area contributed by atoms with Crippen LogP contribution in [0.4, 0.5) is 5.69 Å². The van der Waals surface area contributed by atoms with Gasteiger partial charge in [-0.3, -0.25) is 0 Å². The molecule has 1 aliphatic carbocycles. The fourth-order valence-electron chi connectivity index (χ4n) is 2.08. The first-order valence-electron chi connectivity index (χ1n) is 5.60. The van der Waals surface area contributed by atoms with Crippen LogP contribution in [0.1, 0.15) is 25.3 Å². The minimum atomic E-state index is 0.595. The fraction of sp³-hybridized carbons (Fsp3) is 0.538. The van der Waals surface area contributed by atoms with E-state index in [0.29, 0.717) is 11.9 Å². The Kier molecular flexibility index (Phi) is 3.20. The van der Waals surface area contributed by atoms with Gasteiger partial charge in [-0.1, -0.05) is 18.2 Å². The maximum atomic E-state index is 5.95. The molecule has 0 spiro atoms. The first-order valence-corrected chi connectivity index (χ1v) is 6.14. The van der Waals surface area contributed by atoms with Gasteiger partial charge in [0.15, 0.2) is 0 Å². The van der Waals surface area contributed by atoms with Gasteiger partial charge in [0.05, 0.1) is 0 Å². The van der Waals surface area contributed by atoms with Gasteiger partial charge in [-0.15, -0.1) is 11.6 Å². The summed E-state index contributed by atoms with van der Waals surface area (Å²) in [6.45, 7) is 2.31. The van der Waals surface area contributed by atoms with Crippen molar-refractivity contribution in [2.45, 2.75) is 31.7 Å². The summed E-state index contributed by atoms with van der Waals surface area (Å²) < 4.78 is 0. The van der Waals surface area contributed by atoms with Crippen molar-refractivity contribution in [2.24, 2.45) is 5.92 Å². The minimum absolute atomic E-state index is 0.595. The summed E-state index contributed by atoms with van der Waals surface area (Å²) in [7, 11) is 2.17. The van der Waals surface area contributed by atoms with Gasteiger partial charge >= 0.3 is 0 Å². The van der Waals surface area contributed by atoms with E-state index in [0.717, 1.165) is 5.92 Å². The molecule has 1 atom stereocenters. The van der Waals surface area contributed by atoms with Crippen molar-refractivity contribution >= 4 is 17.3 Å². The molecule has 1 aromatic rings. The topological polar surface area (TPSA) is 3.24 Å². The molecule has 0 bridgehead atoms. The van der Waals surface area contributed by atoms with Crippen molar-refractivity contribution in [2.75, 3.05) is 11.9 Å². The highest BCUT2D eigenvalue weighted by Crippen LogP contribution is 2.37. The Labute approximate surface area is 97.0 Å². The maximum Gasteiger partial charge on any atom is 0.0494 e. The van der Waals surface area contributed by atoms with E-state index in [2.05, 4.69) is 43.1 Å². The zero-order chi connectivity index (χ0) is 10.8. The van der Waals surface area contributed by atoms with E-state index in [1.807, 2.05) is 0 Å². The van der Waals surface area contributed by atoms with Gasteiger partial charge < -0.3 is 4.90 Å². The molecule has 2 rings (SSSR count). The number of nitrogens with zero attached hydrogens (tertiary/aromatic N) is 1. The standard InChI is InChI=1S/C13H18ClN/c1-10(11-7-8-11)15(2)13-6-4-3-5-12(13)9-14/h3-6,10-11H,7-9H2,1-2H3. The lowest BCUT2D eigenvalue weighted by Gasteiger charge is -2.28. The van der Waals surface area contributed by atoms with Gasteiger partial charge in [-0.2, -0.15) is 0 Å². The molecule has 1 fully saturated rings. The third-order valence-electron chi connectivity index (χ3n) is 3.43. The van der Waals surface area contributed by atoms with Crippen LogP contribution in [0.2, 0.25) is 0 Å². The predicted octanol–water partition coefficient (Wildman–Crippen LogP) is 3.66. The Bertz CT molecular complexity index is 333. The number of hydrogen-bond donors (Lipinski definition) is 0. The van der Waals surface area contributed by atoms with E-state index in [1.54, 1.807) is 0 Å². The molecule has 82 valence electrons. The monoisotopic (exact) mass is 223 g/mol. The minimum Gasteiger partial charge on any atom is -0.371 e. The highest BCUT2D eigenvalue weighted by atomic mass is 35.5. The van der Waals surface area contributed by atoms with Crippen molar-refractivity contribution in [1.29, 1.82) is 0 Å². The van der Waals surface area contributed by atoms with Gasteiger partial charge in [0.25, 0.3) is 0 Å². The molecule has 1 saturated carbocycles. The van der Waals surface area contributed by atoms with Crippen LogP contribution in [-0.2, 0) is 5.88 Å². The maximum absolute atomic E-state index is 5.95. The van der Waals surface area contributed by atoms with Crippen molar-refractivity contribution in [3.05, 3.63) is 29.8 Å². The molecule has 1 aliphatic rings. The Hall–Kier alpha value is -0.690. The number of rotatable bonds is 4. The normalized spacial score (nSPS) is 17.5. The van der Waals surface area contributed by atoms with Crippen LogP contribution in [0.15, 0.2) is 24.3 Å². The highest BCUT2D eigenvalue weighted by Gasteiger charge is 2.31. The summed E-state index contributed by atoms with van der Waals surface area (Å²) in [6, 6.07) is 9.04. The fourth-order valence-corrected chi connectivity index (χ4v) is 2.31. The SMILES string of the molecule is CC(C1CC1)N(C)c1ccccc1CCl. The highest BCUT2D eigenvalue weighted by molar-refractivity contribution is 6.17. The van der Waals surface area contributed by atoms with E-state index in [4.69, 9.17) is 11.6 Å². The predicted molar refractivity (Wildman–Crippen MR) is 66.6 cm³/mol. The van der Waals surface area contributed by atoms with Crippen LogP contribution in [-0.4, -0.2) is 13.1 Å². The Morgan fingerprint density at radius 1 is 1.40 bits per heavy atom. The molecule has 0 aliphatic heterocycles. The zero-order valence-corrected chi connectivity index (χ0v) is 10.2. The van der Waals surface area contributed by atoms with E-state index < -0.39 is 0 Å². The summed E-state index contributed by atoms with van der Waals surface area (Å²) in [5, 5.41) is 0. The summed E-state index contributed by atoms with van der Waals surface area (Å²) in [4.78, 5) is 2.37. The molecular formula is C13H18ClN. The number of hydrogen-bond acceptors (Lipinski definition) is 1. The Balaban J connectivity index is 2.19. The lowest BCUT2D eigenvalue weighted by molar-refractivity contribution is 0.608. The van der Waals surface area contributed by atoms with Crippen molar-refractivity contribution in [3.63, 3.8) is 0 Å². The van der Waals surface area contributed by atoms with Crippen LogP contribution >= 0.6 is 11.6 Å². The number of anilines is 1. The summed E-state index contributed by atoms with van der Waals surface area (Å²) in [6.07, 6.45) is 2.77. The van der Waals surface area contributed by atoms with E-state index >= 15 is 0 Å². The summed E-state index contributed by atoms with van der Waals surface area (Å²) >= 11 is 5.95. The second-order valence-corrected chi connectivity index (χ2v) is 4.72. The lowest BCUT2D eigenvalue weighted by atomic mass is 10.1. The molecule has 0 saturated heterocycles. The first kappa shape index (κ1) is 10.8. The van der Waals surface area contributed by atoms with E-state index in [-0.39, 0.29) is 0 Å². The summed E-state index contributed by atoms with van der Waals surface area (Å²) in [5.74, 6) is 1.48. The van der Waals surface area contributed by atoms with Crippen LogP contribution in [0, 0.1) is 5.92 Å². The van der Waals surface area contributed by atoms with Crippen LogP contribution in [0.5, 0.6) is 0 Å². The molecule has 15 heavy (non-hydrogen) atoms. The van der Waals surface area contributed by atoms with Crippen molar-refractivity contribution in [3.8, 4) is 0 Å². The van der Waals surface area contributed by atoms with E-state index in [1.165, 1.54) is 24.1 Å². The van der Waals surface area contributed by atoms with Gasteiger partial charge in [0.2, 0.25) is 0 Å². The zero-order valence-electron chi connectivity index (χ0n) is 9.41. The summed E-state index contributed by atoms with van der Waals surface area (Å²) in [5.41, 5.74) is 2.51. The van der Waals surface area contributed by atoms with Gasteiger partial charge in [0.1, 0.15) is 0 Å². The Morgan fingerprint density at radius 2 is 2.07 bits per heavy atom. The third-order valence-corrected chi connectivity index (χ3v) is 3.72. The molecule has 0 radical (unpaired) electrons. The number of alkyl halides is 1. The third kappa shape index (κ3) is 2.28. The molecule has 2 heteroatoms. The molecule has 0 aromatic heterocycles. The van der Waals surface area contributed by atoms with Gasteiger partial charge in [0, 0.05) is 24.7 Å². The molecule has 0 N–H and O–H groups in total. The second-order valence-electron chi connectivity index (χ2n) is 4.45. The number of halogens is 1. The van der Waals surface area contributed by atoms with Crippen LogP contribution in [0.25, 0.3) is 0 Å². The van der Waals surface area contributed by atoms with Crippen molar-refractivity contribution in [1.82, 2.24) is 0 Å². The number of benzene rings is 1. The second kappa shape index (κ2) is 4.44. The molecule has 1 unspecified atom stereocenters. The smallest absolute Gasteiger partial charge is 0.0494 e. The quantitative estimate of drug-likeness (QED) is 0.705. The number of para-hydroxylation sites is 1. The Morgan fingerprint density at radius 3 is 2.67 bits per heavy atom. The van der Waals surface area contributed by atoms with Gasteiger partial charge in [-0.05, 0) is 37.3 Å². The average molecular weight is 224 g/mol. The largest absolute Gasteiger partial charge is 0.371 e. The average Bonchev–Trinajstić information content (AvgIpc) is 3.11. The van der Waals surface area contributed by atoms with Gasteiger partial charge in [-0.25, -0.2) is 0 Å². The van der Waals surface area contributed by atoms with Crippen molar-refractivity contribution < 1.29 is 0 Å². The molecule has 0 amide bonds. The molecular weight excluding hydrogens is 206 g/mol. The van der Waals surface area contributed by atoms with E-state index in [9.17, 15) is 0 Å². The molecule has 1 nitrogen and oxygen atoms in total. The lowest BCUT2D eigenvalue weighted by Crippen LogP contribution is -2.31. The molecule has 0 heterocycles. The molecule has 1 aromatic carbocycles.